The zero-order valence-corrected chi connectivity index (χ0v) is 14.6. The van der Waals surface area contributed by atoms with Crippen LogP contribution in [0.5, 0.6) is 0 Å². The standard InChI is InChI=1S/C16H11Cl2NO4S/c17-12-8-9(14(18)24-12)4-3-7-13(20)23-19-15(21)10-5-1-2-6-11(10)16(19)22/h1-2,5-6,8H,3-4,7H2. The Kier molecular flexibility index (Phi) is 4.89. The van der Waals surface area contributed by atoms with Crippen molar-refractivity contribution >= 4 is 52.3 Å². The number of hydrogen-bond acceptors (Lipinski definition) is 5. The molecule has 1 aromatic carbocycles. The van der Waals surface area contributed by atoms with Crippen LogP contribution in [0.25, 0.3) is 0 Å². The maximum atomic E-state index is 12.1. The number of amides is 2. The highest BCUT2D eigenvalue weighted by Gasteiger charge is 2.38. The Labute approximate surface area is 151 Å². The fraction of sp³-hybridized carbons (Fsp3) is 0.188. The zero-order valence-electron chi connectivity index (χ0n) is 12.3. The molecule has 1 aromatic heterocycles. The Morgan fingerprint density at radius 2 is 1.75 bits per heavy atom. The monoisotopic (exact) mass is 383 g/mol. The van der Waals surface area contributed by atoms with Crippen molar-refractivity contribution < 1.29 is 19.2 Å². The normalized spacial score (nSPS) is 13.3. The van der Waals surface area contributed by atoms with E-state index in [2.05, 4.69) is 0 Å². The summed E-state index contributed by atoms with van der Waals surface area (Å²) in [7, 11) is 0. The molecule has 5 nitrogen and oxygen atoms in total. The van der Waals surface area contributed by atoms with Crippen LogP contribution in [0.3, 0.4) is 0 Å². The molecule has 8 heteroatoms. The van der Waals surface area contributed by atoms with E-state index in [-0.39, 0.29) is 17.5 Å². The Hall–Kier alpha value is -1.89. The molecule has 24 heavy (non-hydrogen) atoms. The van der Waals surface area contributed by atoms with Crippen molar-refractivity contribution in [2.45, 2.75) is 19.3 Å². The molecule has 2 aromatic rings. The van der Waals surface area contributed by atoms with Gasteiger partial charge in [-0.05, 0) is 36.6 Å². The number of hydroxylamine groups is 2. The molecule has 1 aliphatic heterocycles. The summed E-state index contributed by atoms with van der Waals surface area (Å²) in [6.45, 7) is 0. The first kappa shape index (κ1) is 17.0. The first-order valence-electron chi connectivity index (χ1n) is 7.09. The van der Waals surface area contributed by atoms with E-state index < -0.39 is 17.8 Å². The summed E-state index contributed by atoms with van der Waals surface area (Å²) >= 11 is 13.1. The van der Waals surface area contributed by atoms with E-state index in [1.54, 1.807) is 18.2 Å². The summed E-state index contributed by atoms with van der Waals surface area (Å²) < 4.78 is 1.18. The van der Waals surface area contributed by atoms with E-state index in [9.17, 15) is 14.4 Å². The highest BCUT2D eigenvalue weighted by Crippen LogP contribution is 2.32. The van der Waals surface area contributed by atoms with E-state index >= 15 is 0 Å². The number of carbonyl (C=O) groups excluding carboxylic acids is 3. The lowest BCUT2D eigenvalue weighted by Gasteiger charge is -2.12. The minimum absolute atomic E-state index is 0.0528. The van der Waals surface area contributed by atoms with E-state index in [4.69, 9.17) is 28.0 Å². The minimum Gasteiger partial charge on any atom is -0.330 e. The van der Waals surface area contributed by atoms with Crippen LogP contribution in [-0.4, -0.2) is 22.8 Å². The topological polar surface area (TPSA) is 63.7 Å². The lowest BCUT2D eigenvalue weighted by molar-refractivity contribution is -0.168. The second kappa shape index (κ2) is 6.93. The van der Waals surface area contributed by atoms with Crippen LogP contribution in [0, 0.1) is 0 Å². The number of hydrogen-bond donors (Lipinski definition) is 0. The van der Waals surface area contributed by atoms with E-state index in [0.717, 1.165) is 5.56 Å². The predicted octanol–water partition coefficient (Wildman–Crippen LogP) is 4.13. The van der Waals surface area contributed by atoms with Crippen LogP contribution >= 0.6 is 34.5 Å². The Morgan fingerprint density at radius 3 is 2.29 bits per heavy atom. The van der Waals surface area contributed by atoms with Crippen LogP contribution in [0.1, 0.15) is 39.1 Å². The molecule has 0 bridgehead atoms. The van der Waals surface area contributed by atoms with Crippen molar-refractivity contribution in [2.24, 2.45) is 0 Å². The van der Waals surface area contributed by atoms with Gasteiger partial charge in [-0.15, -0.1) is 11.3 Å². The van der Waals surface area contributed by atoms with E-state index in [0.29, 0.717) is 26.6 Å². The first-order chi connectivity index (χ1) is 11.5. The SMILES string of the molecule is O=C(CCCc1cc(Cl)sc1Cl)ON1C(=O)c2ccccc2C1=O. The van der Waals surface area contributed by atoms with Crippen molar-refractivity contribution in [3.8, 4) is 0 Å². The smallest absolute Gasteiger partial charge is 0.330 e. The summed E-state index contributed by atoms with van der Waals surface area (Å²) in [6, 6.07) is 8.08. The number of aryl methyl sites for hydroxylation is 1. The number of nitrogens with zero attached hydrogens (tertiary/aromatic N) is 1. The second-order valence-electron chi connectivity index (χ2n) is 5.12. The van der Waals surface area contributed by atoms with Gasteiger partial charge in [0, 0.05) is 6.42 Å². The van der Waals surface area contributed by atoms with Gasteiger partial charge in [0.25, 0.3) is 11.8 Å². The number of benzene rings is 1. The molecule has 2 amide bonds. The van der Waals surface area contributed by atoms with E-state index in [1.165, 1.54) is 23.5 Å². The molecule has 0 aliphatic carbocycles. The average molecular weight is 384 g/mol. The Balaban J connectivity index is 1.55. The number of thiophene rings is 1. The maximum absolute atomic E-state index is 12.1. The third-order valence-corrected chi connectivity index (χ3v) is 5.07. The van der Waals surface area contributed by atoms with Gasteiger partial charge in [0.2, 0.25) is 0 Å². The summed E-state index contributed by atoms with van der Waals surface area (Å²) in [5, 5.41) is 0.515. The van der Waals surface area contributed by atoms with Gasteiger partial charge in [-0.25, -0.2) is 4.79 Å². The van der Waals surface area contributed by atoms with Gasteiger partial charge in [-0.2, -0.15) is 0 Å². The molecule has 0 saturated carbocycles. The number of carbonyl (C=O) groups is 3. The average Bonchev–Trinajstić information content (AvgIpc) is 2.99. The van der Waals surface area contributed by atoms with Gasteiger partial charge in [-0.3, -0.25) is 9.59 Å². The molecule has 0 spiro atoms. The van der Waals surface area contributed by atoms with Crippen LogP contribution in [0.2, 0.25) is 8.67 Å². The van der Waals surface area contributed by atoms with Gasteiger partial charge in [-0.1, -0.05) is 40.4 Å². The van der Waals surface area contributed by atoms with Crippen molar-refractivity contribution in [2.75, 3.05) is 0 Å². The Morgan fingerprint density at radius 1 is 1.12 bits per heavy atom. The van der Waals surface area contributed by atoms with E-state index in [1.807, 2.05) is 0 Å². The molecule has 0 saturated heterocycles. The lowest BCUT2D eigenvalue weighted by Crippen LogP contribution is -2.32. The summed E-state index contributed by atoms with van der Waals surface area (Å²) in [5.74, 6) is -1.91. The summed E-state index contributed by atoms with van der Waals surface area (Å²) in [5.41, 5.74) is 1.32. The molecule has 2 heterocycles. The number of fused-ring (bicyclic) bond motifs is 1. The molecule has 0 fully saturated rings. The molecule has 0 N–H and O–H groups in total. The zero-order chi connectivity index (χ0) is 17.3. The largest absolute Gasteiger partial charge is 0.333 e. The van der Waals surface area contributed by atoms with Gasteiger partial charge in [0.05, 0.1) is 19.8 Å². The van der Waals surface area contributed by atoms with Crippen molar-refractivity contribution in [1.82, 2.24) is 5.06 Å². The number of halogens is 2. The van der Waals surface area contributed by atoms with Gasteiger partial charge in [0.15, 0.2) is 0 Å². The number of imide groups is 1. The minimum atomic E-state index is -0.651. The second-order valence-corrected chi connectivity index (χ2v) is 7.40. The predicted molar refractivity (Wildman–Crippen MR) is 90.3 cm³/mol. The third kappa shape index (κ3) is 3.31. The third-order valence-electron chi connectivity index (χ3n) is 3.50. The van der Waals surface area contributed by atoms with Crippen molar-refractivity contribution in [3.05, 3.63) is 55.7 Å². The highest BCUT2D eigenvalue weighted by atomic mass is 35.5. The molecule has 1 aliphatic rings. The van der Waals surface area contributed by atoms with Crippen molar-refractivity contribution in [1.29, 1.82) is 0 Å². The molecular weight excluding hydrogens is 373 g/mol. The van der Waals surface area contributed by atoms with Crippen LogP contribution in [0.15, 0.2) is 30.3 Å². The quantitative estimate of drug-likeness (QED) is 0.728. The fourth-order valence-corrected chi connectivity index (χ4v) is 3.91. The molecule has 0 unspecified atom stereocenters. The Bertz CT molecular complexity index is 798. The summed E-state index contributed by atoms with van der Waals surface area (Å²) in [4.78, 5) is 41.0. The van der Waals surface area contributed by atoms with Crippen LogP contribution in [0.4, 0.5) is 0 Å². The molecular formula is C16H11Cl2NO4S. The molecule has 3 rings (SSSR count). The molecule has 124 valence electrons. The van der Waals surface area contributed by atoms with Gasteiger partial charge >= 0.3 is 5.97 Å². The lowest BCUT2D eigenvalue weighted by atomic mass is 10.1. The number of rotatable bonds is 5. The fourth-order valence-electron chi connectivity index (χ4n) is 2.37. The van der Waals surface area contributed by atoms with Crippen LogP contribution in [-0.2, 0) is 16.1 Å². The first-order valence-corrected chi connectivity index (χ1v) is 8.67. The molecule has 0 atom stereocenters. The highest BCUT2D eigenvalue weighted by molar-refractivity contribution is 7.20. The van der Waals surface area contributed by atoms with Gasteiger partial charge in [0.1, 0.15) is 0 Å². The molecule has 0 radical (unpaired) electrons. The van der Waals surface area contributed by atoms with Gasteiger partial charge < -0.3 is 4.84 Å². The van der Waals surface area contributed by atoms with Crippen molar-refractivity contribution in [3.63, 3.8) is 0 Å². The summed E-state index contributed by atoms with van der Waals surface area (Å²) in [6.07, 6.45) is 1.07. The maximum Gasteiger partial charge on any atom is 0.333 e. The van der Waals surface area contributed by atoms with Crippen LogP contribution < -0.4 is 0 Å².